The van der Waals surface area contributed by atoms with Gasteiger partial charge >= 0.3 is 19.5 Å². The van der Waals surface area contributed by atoms with Gasteiger partial charge in [0.05, 0.1) is 0 Å². The summed E-state index contributed by atoms with van der Waals surface area (Å²) in [5.74, 6) is 0. The molecule has 1 aliphatic rings. The zero-order chi connectivity index (χ0) is 13.8. The maximum Gasteiger partial charge on any atom is 2.00 e. The van der Waals surface area contributed by atoms with Crippen molar-refractivity contribution < 1.29 is 48.5 Å². The summed E-state index contributed by atoms with van der Waals surface area (Å²) in [5.41, 5.74) is 26.8. The number of nitrogens with two attached hydrogens (primary N) is 5. The Kier molecular flexibility index (Phi) is 36.9. The summed E-state index contributed by atoms with van der Waals surface area (Å²) >= 11 is 0. The molecule has 0 aliphatic heterocycles. The second-order valence-corrected chi connectivity index (χ2v) is 5.79. The summed E-state index contributed by atoms with van der Waals surface area (Å²) in [4.78, 5) is 0. The Morgan fingerprint density at radius 2 is 1.00 bits per heavy atom. The molecular formula is C10H29Cl2N5ORuS. The van der Waals surface area contributed by atoms with Crippen LogP contribution in [0.5, 0.6) is 0 Å². The number of halogens is 2. The largest absolute Gasteiger partial charge is 2.00 e. The standard InChI is InChI=1S/C6H15N3.C2H8N2.C2H6OS.2ClH.Ru/c7-4-1-5(8)3-6(9)2-4;3-1-2-4;1-4(2)3;;;/h4-6H,1-3,7-9H2;1-4H2;1-2H3;2*1H;/q;;;;;+2/p-2. The molecule has 10 heteroatoms. The Hall–Kier alpha value is 1.15. The van der Waals surface area contributed by atoms with E-state index >= 15 is 0 Å². The summed E-state index contributed by atoms with van der Waals surface area (Å²) < 4.78 is 9.56. The van der Waals surface area contributed by atoms with Crippen LogP contribution in [0.2, 0.25) is 0 Å². The van der Waals surface area contributed by atoms with E-state index in [1.165, 1.54) is 0 Å². The van der Waals surface area contributed by atoms with Gasteiger partial charge in [0.2, 0.25) is 0 Å². The monoisotopic (exact) mass is 439 g/mol. The minimum atomic E-state index is -0.611. The Labute approximate surface area is 150 Å². The van der Waals surface area contributed by atoms with E-state index in [-0.39, 0.29) is 62.4 Å². The first-order valence-electron chi connectivity index (χ1n) is 5.75. The number of hydrogen-bond acceptors (Lipinski definition) is 6. The summed E-state index contributed by atoms with van der Waals surface area (Å²) in [6.07, 6.45) is 6.09. The fourth-order valence-electron chi connectivity index (χ4n) is 1.46. The van der Waals surface area contributed by atoms with Gasteiger partial charge in [-0.05, 0) is 19.3 Å². The average molecular weight is 439 g/mol. The third-order valence-electron chi connectivity index (χ3n) is 1.98. The third kappa shape index (κ3) is 31.5. The Balaban J connectivity index is -0.0000000597. The maximum absolute atomic E-state index is 9.56. The van der Waals surface area contributed by atoms with Crippen molar-refractivity contribution in [2.45, 2.75) is 37.4 Å². The van der Waals surface area contributed by atoms with Gasteiger partial charge in [0.15, 0.2) is 0 Å². The van der Waals surface area contributed by atoms with Crippen molar-refractivity contribution in [2.75, 3.05) is 25.6 Å². The van der Waals surface area contributed by atoms with E-state index in [0.29, 0.717) is 13.1 Å². The van der Waals surface area contributed by atoms with Crippen LogP contribution in [0.4, 0.5) is 0 Å². The topological polar surface area (TPSA) is 147 Å². The zero-order valence-electron chi connectivity index (χ0n) is 12.1. The van der Waals surface area contributed by atoms with Gasteiger partial charge in [0, 0.05) is 54.5 Å². The van der Waals surface area contributed by atoms with Crippen LogP contribution >= 0.6 is 0 Å². The van der Waals surface area contributed by atoms with E-state index in [0.717, 1.165) is 19.3 Å². The van der Waals surface area contributed by atoms with Gasteiger partial charge in [-0.15, -0.1) is 0 Å². The van der Waals surface area contributed by atoms with Gasteiger partial charge in [-0.3, -0.25) is 4.21 Å². The van der Waals surface area contributed by atoms with E-state index in [1.807, 2.05) is 0 Å². The molecular weight excluding hydrogens is 410 g/mol. The van der Waals surface area contributed by atoms with Crippen molar-refractivity contribution in [1.82, 2.24) is 0 Å². The van der Waals surface area contributed by atoms with Gasteiger partial charge in [0.1, 0.15) is 0 Å². The summed E-state index contributed by atoms with van der Waals surface area (Å²) in [6.45, 7) is 1.19. The van der Waals surface area contributed by atoms with Crippen LogP contribution in [0.25, 0.3) is 0 Å². The molecule has 1 saturated carbocycles. The van der Waals surface area contributed by atoms with Crippen molar-refractivity contribution in [2.24, 2.45) is 28.7 Å². The predicted octanol–water partition coefficient (Wildman–Crippen LogP) is -7.94. The van der Waals surface area contributed by atoms with E-state index in [1.54, 1.807) is 12.5 Å². The summed E-state index contributed by atoms with van der Waals surface area (Å²) in [7, 11) is -0.611. The molecule has 0 heterocycles. The SMILES string of the molecule is CS(C)=O.NC1CC(N)CC(N)C1.NCCN.[Cl-].[Cl-].[Ru+2]. The smallest absolute Gasteiger partial charge is 1.00 e. The molecule has 10 N–H and O–H groups in total. The Morgan fingerprint density at radius 3 is 1.10 bits per heavy atom. The van der Waals surface area contributed by atoms with Gasteiger partial charge in [-0.2, -0.15) is 0 Å². The quantitative estimate of drug-likeness (QED) is 0.257. The van der Waals surface area contributed by atoms with E-state index in [4.69, 9.17) is 28.7 Å². The maximum atomic E-state index is 9.56. The number of hydrogen-bond donors (Lipinski definition) is 5. The normalized spacial score (nSPS) is 23.5. The zero-order valence-corrected chi connectivity index (χ0v) is 16.1. The molecule has 0 saturated heterocycles. The molecule has 0 aromatic heterocycles. The summed E-state index contributed by atoms with van der Waals surface area (Å²) in [6, 6.07) is 0.719. The molecule has 1 aliphatic carbocycles. The molecule has 0 atom stereocenters. The van der Waals surface area contributed by atoms with Crippen LogP contribution in [0.3, 0.4) is 0 Å². The summed E-state index contributed by atoms with van der Waals surface area (Å²) in [5, 5.41) is 0. The first kappa shape index (κ1) is 32.9. The molecule has 0 spiro atoms. The van der Waals surface area contributed by atoms with Crippen LogP contribution in [0, 0.1) is 0 Å². The van der Waals surface area contributed by atoms with Gasteiger partial charge in [0.25, 0.3) is 0 Å². The van der Waals surface area contributed by atoms with Gasteiger partial charge in [-0.1, -0.05) is 0 Å². The molecule has 6 nitrogen and oxygen atoms in total. The van der Waals surface area contributed by atoms with Gasteiger partial charge in [-0.25, -0.2) is 0 Å². The molecule has 0 unspecified atom stereocenters. The van der Waals surface area contributed by atoms with Crippen LogP contribution in [0.15, 0.2) is 0 Å². The Morgan fingerprint density at radius 1 is 0.850 bits per heavy atom. The van der Waals surface area contributed by atoms with E-state index < -0.39 is 10.8 Å². The average Bonchev–Trinajstić information content (AvgIpc) is 2.15. The molecule has 0 aromatic carbocycles. The predicted molar refractivity (Wildman–Crippen MR) is 75.9 cm³/mol. The minimum Gasteiger partial charge on any atom is -1.00 e. The van der Waals surface area contributed by atoms with Gasteiger partial charge < -0.3 is 53.5 Å². The molecule has 0 radical (unpaired) electrons. The second-order valence-electron chi connectivity index (χ2n) is 4.31. The molecule has 0 amide bonds. The molecule has 1 rings (SSSR count). The van der Waals surface area contributed by atoms with Crippen LogP contribution in [-0.4, -0.2) is 47.9 Å². The van der Waals surface area contributed by atoms with Crippen molar-refractivity contribution in [3.63, 3.8) is 0 Å². The molecule has 0 aromatic rings. The fourth-order valence-corrected chi connectivity index (χ4v) is 1.46. The van der Waals surface area contributed by atoms with Crippen molar-refractivity contribution in [3.05, 3.63) is 0 Å². The Bertz CT molecular complexity index is 177. The molecule has 0 bridgehead atoms. The molecule has 128 valence electrons. The van der Waals surface area contributed by atoms with E-state index in [2.05, 4.69) is 0 Å². The molecule has 20 heavy (non-hydrogen) atoms. The van der Waals surface area contributed by atoms with Crippen molar-refractivity contribution in [1.29, 1.82) is 0 Å². The van der Waals surface area contributed by atoms with E-state index in [9.17, 15) is 4.21 Å². The first-order chi connectivity index (χ1) is 7.83. The van der Waals surface area contributed by atoms with Crippen molar-refractivity contribution >= 4 is 10.8 Å². The third-order valence-corrected chi connectivity index (χ3v) is 1.98. The second kappa shape index (κ2) is 22.4. The van der Waals surface area contributed by atoms with Crippen molar-refractivity contribution in [3.8, 4) is 0 Å². The van der Waals surface area contributed by atoms with Crippen LogP contribution < -0.4 is 53.5 Å². The fraction of sp³-hybridized carbons (Fsp3) is 1.00. The van der Waals surface area contributed by atoms with Crippen LogP contribution in [-0.2, 0) is 30.3 Å². The number of rotatable bonds is 1. The molecule has 1 fully saturated rings. The first-order valence-corrected chi connectivity index (χ1v) is 7.72. The van der Waals surface area contributed by atoms with Crippen LogP contribution in [0.1, 0.15) is 19.3 Å². The minimum absolute atomic E-state index is 0.